The normalized spacial score (nSPS) is 11.4. The number of nitrogens with one attached hydrogen (secondary N) is 2. The van der Waals surface area contributed by atoms with Gasteiger partial charge in [-0.25, -0.2) is 19.2 Å². The molecule has 0 unspecified atom stereocenters. The molecule has 4 aromatic carbocycles. The van der Waals surface area contributed by atoms with Crippen LogP contribution in [0.3, 0.4) is 0 Å². The van der Waals surface area contributed by atoms with Crippen molar-refractivity contribution in [3.05, 3.63) is 172 Å². The third kappa shape index (κ3) is 6.68. The van der Waals surface area contributed by atoms with Gasteiger partial charge in [0.15, 0.2) is 11.3 Å². The minimum absolute atomic E-state index is 0.00421. The van der Waals surface area contributed by atoms with Gasteiger partial charge >= 0.3 is 28.7 Å². The standard InChI is InChI=1S/C21H16N4O2S.C19H16N4O4/c1-13-2-5-16(6-3-13)25-21(27)24-19(23-25)17-11-14(10-15-8-9-28-12-15)4-7-18(17)22-20(24)26;1-11-2-6-13(7-3-11)23-19(27)22-17(21-23)14-10-12(5-9-16(24)25)4-8-15(14)20-18(22)26/h2-9,11-12H,10H2,1H3,(H,22,26);2-4,6-8,10H,5,9H2,1H3,(H,20,26)(H,24,25). The number of hydrogen-bond donors (Lipinski definition) is 3. The largest absolute Gasteiger partial charge is 0.481 e. The summed E-state index contributed by atoms with van der Waals surface area (Å²) in [5, 5.41) is 23.2. The van der Waals surface area contributed by atoms with Gasteiger partial charge in [0.05, 0.1) is 22.4 Å². The lowest BCUT2D eigenvalue weighted by Crippen LogP contribution is -2.29. The highest BCUT2D eigenvalue weighted by atomic mass is 32.1. The molecule has 9 aromatic rings. The Morgan fingerprint density at radius 2 is 1.15 bits per heavy atom. The maximum absolute atomic E-state index is 12.9. The first kappa shape index (κ1) is 34.9. The summed E-state index contributed by atoms with van der Waals surface area (Å²) in [6.07, 6.45) is 1.13. The van der Waals surface area contributed by atoms with Crippen LogP contribution in [0.25, 0.3) is 44.5 Å². The van der Waals surface area contributed by atoms with Crippen molar-refractivity contribution in [2.75, 3.05) is 0 Å². The number of H-pyrrole nitrogens is 2. The molecule has 274 valence electrons. The topological polar surface area (TPSA) is 182 Å². The van der Waals surface area contributed by atoms with Crippen LogP contribution in [-0.4, -0.2) is 49.4 Å². The zero-order chi connectivity index (χ0) is 38.4. The van der Waals surface area contributed by atoms with Crippen LogP contribution in [0.1, 0.15) is 34.2 Å². The van der Waals surface area contributed by atoms with E-state index in [9.17, 15) is 24.0 Å². The first-order valence-electron chi connectivity index (χ1n) is 17.2. The van der Waals surface area contributed by atoms with Gasteiger partial charge < -0.3 is 15.1 Å². The average molecular weight is 753 g/mol. The summed E-state index contributed by atoms with van der Waals surface area (Å²) in [6.45, 7) is 3.91. The van der Waals surface area contributed by atoms with Crippen molar-refractivity contribution in [2.24, 2.45) is 0 Å². The molecule has 3 N–H and O–H groups in total. The molecular formula is C40H32N8O6S. The van der Waals surface area contributed by atoms with Crippen molar-refractivity contribution < 1.29 is 9.90 Å². The highest BCUT2D eigenvalue weighted by Gasteiger charge is 2.17. The number of nitrogens with zero attached hydrogens (tertiary/aromatic N) is 6. The number of benzene rings is 4. The van der Waals surface area contributed by atoms with Gasteiger partial charge in [0.2, 0.25) is 0 Å². The van der Waals surface area contributed by atoms with E-state index in [2.05, 4.69) is 37.0 Å². The van der Waals surface area contributed by atoms with Crippen molar-refractivity contribution in [3.63, 3.8) is 0 Å². The predicted octanol–water partition coefficient (Wildman–Crippen LogP) is 4.94. The van der Waals surface area contributed by atoms with Crippen LogP contribution in [-0.2, 0) is 17.6 Å². The molecule has 15 heteroatoms. The second-order valence-corrected chi connectivity index (χ2v) is 14.0. The van der Waals surface area contributed by atoms with E-state index in [1.54, 1.807) is 41.7 Å². The number of rotatable bonds is 7. The number of aromatic amines is 2. The average Bonchev–Trinajstić information content (AvgIpc) is 3.91. The Morgan fingerprint density at radius 3 is 1.62 bits per heavy atom. The van der Waals surface area contributed by atoms with Gasteiger partial charge in [-0.3, -0.25) is 4.79 Å². The summed E-state index contributed by atoms with van der Waals surface area (Å²) in [7, 11) is 0. The van der Waals surface area contributed by atoms with Crippen LogP contribution < -0.4 is 22.8 Å². The van der Waals surface area contributed by atoms with Gasteiger partial charge in [-0.05, 0) is 109 Å². The molecule has 5 heterocycles. The third-order valence-electron chi connectivity index (χ3n) is 9.27. The Labute approximate surface area is 313 Å². The summed E-state index contributed by atoms with van der Waals surface area (Å²) in [4.78, 5) is 66.8. The molecular weight excluding hydrogens is 721 g/mol. The highest BCUT2D eigenvalue weighted by Crippen LogP contribution is 2.21. The van der Waals surface area contributed by atoms with Crippen molar-refractivity contribution in [3.8, 4) is 11.4 Å². The van der Waals surface area contributed by atoms with Crippen LogP contribution in [0.15, 0.2) is 121 Å². The molecule has 0 aliphatic carbocycles. The lowest BCUT2D eigenvalue weighted by molar-refractivity contribution is -0.136. The molecule has 55 heavy (non-hydrogen) atoms. The molecule has 0 atom stereocenters. The molecule has 0 bridgehead atoms. The van der Waals surface area contributed by atoms with E-state index in [1.165, 1.54) is 14.9 Å². The Hall–Kier alpha value is -7.13. The van der Waals surface area contributed by atoms with Crippen LogP contribution >= 0.6 is 11.3 Å². The first-order valence-corrected chi connectivity index (χ1v) is 18.2. The summed E-state index contributed by atoms with van der Waals surface area (Å²) in [5.74, 6) is -0.887. The molecule has 0 radical (unpaired) electrons. The zero-order valence-corrected chi connectivity index (χ0v) is 30.3. The van der Waals surface area contributed by atoms with Crippen molar-refractivity contribution in [2.45, 2.75) is 33.1 Å². The fourth-order valence-electron chi connectivity index (χ4n) is 6.42. The van der Waals surface area contributed by atoms with Gasteiger partial charge in [0.1, 0.15) is 0 Å². The number of fused-ring (bicyclic) bond motifs is 6. The Kier molecular flexibility index (Phi) is 8.90. The van der Waals surface area contributed by atoms with E-state index >= 15 is 0 Å². The molecule has 0 aliphatic heterocycles. The summed E-state index contributed by atoms with van der Waals surface area (Å²) < 4.78 is 4.54. The Morgan fingerprint density at radius 1 is 0.655 bits per heavy atom. The maximum atomic E-state index is 12.9. The lowest BCUT2D eigenvalue weighted by Gasteiger charge is -2.03. The van der Waals surface area contributed by atoms with Crippen LogP contribution in [0.5, 0.6) is 0 Å². The minimum atomic E-state index is -0.887. The van der Waals surface area contributed by atoms with Gasteiger partial charge in [-0.2, -0.15) is 29.5 Å². The van der Waals surface area contributed by atoms with Crippen molar-refractivity contribution >= 4 is 50.4 Å². The number of aliphatic carboxylic acids is 1. The van der Waals surface area contributed by atoms with Crippen LogP contribution in [0, 0.1) is 13.8 Å². The summed E-state index contributed by atoms with van der Waals surface area (Å²) in [5.41, 5.74) is 6.11. The van der Waals surface area contributed by atoms with E-state index in [4.69, 9.17) is 5.11 Å². The summed E-state index contributed by atoms with van der Waals surface area (Å²) in [6, 6.07) is 27.9. The number of carbonyl (C=O) groups is 1. The maximum Gasteiger partial charge on any atom is 0.359 e. The van der Waals surface area contributed by atoms with Crippen molar-refractivity contribution in [1.82, 2.24) is 38.3 Å². The SMILES string of the molecule is Cc1ccc(-n2nc3c4cc(CCC(=O)O)ccc4[nH]c(=O)n3c2=O)cc1.Cc1ccc(-n2nc3c4cc(Cc5ccsc5)ccc4[nH]c(=O)n3c2=O)cc1. The third-order valence-corrected chi connectivity index (χ3v) is 10.0. The van der Waals surface area contributed by atoms with Crippen LogP contribution in [0.4, 0.5) is 0 Å². The monoisotopic (exact) mass is 752 g/mol. The molecule has 14 nitrogen and oxygen atoms in total. The Balaban J connectivity index is 0.000000155. The first-order chi connectivity index (χ1) is 26.5. The molecule has 0 amide bonds. The quantitative estimate of drug-likeness (QED) is 0.205. The van der Waals surface area contributed by atoms with Gasteiger partial charge in [0.25, 0.3) is 0 Å². The van der Waals surface area contributed by atoms with E-state index in [1.807, 2.05) is 68.4 Å². The zero-order valence-electron chi connectivity index (χ0n) is 29.5. The molecule has 0 fully saturated rings. The number of aryl methyl sites for hydroxylation is 3. The number of carboxylic acid groups (broad SMARTS) is 1. The highest BCUT2D eigenvalue weighted by molar-refractivity contribution is 7.07. The minimum Gasteiger partial charge on any atom is -0.481 e. The number of carboxylic acids is 1. The van der Waals surface area contributed by atoms with E-state index < -0.39 is 28.7 Å². The smallest absolute Gasteiger partial charge is 0.359 e. The van der Waals surface area contributed by atoms with Gasteiger partial charge in [0, 0.05) is 17.2 Å². The molecule has 0 saturated heterocycles. The lowest BCUT2D eigenvalue weighted by atomic mass is 10.1. The van der Waals surface area contributed by atoms with Crippen molar-refractivity contribution in [1.29, 1.82) is 0 Å². The van der Waals surface area contributed by atoms with Gasteiger partial charge in [-0.15, -0.1) is 10.2 Å². The number of aromatic nitrogens is 8. The van der Waals surface area contributed by atoms with E-state index in [0.717, 1.165) is 42.9 Å². The number of hydrogen-bond acceptors (Lipinski definition) is 8. The second kappa shape index (κ2) is 14.0. The Bertz CT molecular complexity index is 3150. The fraction of sp³-hybridized carbons (Fsp3) is 0.125. The van der Waals surface area contributed by atoms with E-state index in [-0.39, 0.29) is 12.1 Å². The molecule has 5 aromatic heterocycles. The molecule has 0 aliphatic rings. The number of thiophene rings is 1. The summed E-state index contributed by atoms with van der Waals surface area (Å²) >= 11 is 1.66. The molecule has 9 rings (SSSR count). The fourth-order valence-corrected chi connectivity index (χ4v) is 7.09. The molecule has 0 spiro atoms. The second-order valence-electron chi connectivity index (χ2n) is 13.2. The molecule has 0 saturated carbocycles. The van der Waals surface area contributed by atoms with E-state index in [0.29, 0.717) is 39.9 Å². The van der Waals surface area contributed by atoms with Gasteiger partial charge in [-0.1, -0.05) is 47.5 Å². The predicted molar refractivity (Wildman–Crippen MR) is 210 cm³/mol. The van der Waals surface area contributed by atoms with Crippen LogP contribution in [0.2, 0.25) is 0 Å².